The summed E-state index contributed by atoms with van der Waals surface area (Å²) in [4.78, 5) is 14.1. The molecule has 3 atom stereocenters. The van der Waals surface area contributed by atoms with Crippen LogP contribution in [0.2, 0.25) is 0 Å². The second-order valence-corrected chi connectivity index (χ2v) is 6.52. The molecule has 1 amide bonds. The predicted octanol–water partition coefficient (Wildman–Crippen LogP) is 1.67. The molecular formula is C14H27NO3. The third-order valence-electron chi connectivity index (χ3n) is 3.84. The zero-order valence-corrected chi connectivity index (χ0v) is 12.3. The molecule has 0 saturated carbocycles. The number of rotatable bonds is 3. The monoisotopic (exact) mass is 257 g/mol. The molecule has 0 aromatic carbocycles. The lowest BCUT2D eigenvalue weighted by molar-refractivity contribution is -0.148. The summed E-state index contributed by atoms with van der Waals surface area (Å²) in [5.74, 6) is 0.516. The van der Waals surface area contributed by atoms with Crippen LogP contribution in [0.3, 0.4) is 0 Å². The van der Waals surface area contributed by atoms with Crippen LogP contribution in [-0.4, -0.2) is 47.8 Å². The minimum Gasteiger partial charge on any atom is -0.394 e. The van der Waals surface area contributed by atoms with E-state index in [0.717, 1.165) is 0 Å². The summed E-state index contributed by atoms with van der Waals surface area (Å²) in [5, 5.41) is 9.16. The quantitative estimate of drug-likeness (QED) is 0.836. The molecule has 0 radical (unpaired) electrons. The molecule has 0 spiro atoms. The van der Waals surface area contributed by atoms with Crippen LogP contribution in [0.1, 0.15) is 41.0 Å². The molecule has 4 nitrogen and oxygen atoms in total. The van der Waals surface area contributed by atoms with Crippen molar-refractivity contribution in [1.82, 2.24) is 4.90 Å². The van der Waals surface area contributed by atoms with Crippen molar-refractivity contribution >= 4 is 5.91 Å². The van der Waals surface area contributed by atoms with E-state index in [1.807, 2.05) is 11.8 Å². The van der Waals surface area contributed by atoms with E-state index in [1.54, 1.807) is 0 Å². The van der Waals surface area contributed by atoms with Gasteiger partial charge in [0.2, 0.25) is 5.91 Å². The van der Waals surface area contributed by atoms with E-state index in [1.165, 1.54) is 0 Å². The molecule has 0 aliphatic carbocycles. The molecule has 1 fully saturated rings. The predicted molar refractivity (Wildman–Crippen MR) is 71.2 cm³/mol. The molecule has 1 saturated heterocycles. The number of aliphatic hydroxyl groups is 1. The zero-order valence-electron chi connectivity index (χ0n) is 12.3. The number of carbonyl (C=O) groups excluding carboxylic acids is 1. The number of hydrogen-bond donors (Lipinski definition) is 1. The van der Waals surface area contributed by atoms with E-state index in [4.69, 9.17) is 9.84 Å². The summed E-state index contributed by atoms with van der Waals surface area (Å²) < 4.78 is 5.54. The molecule has 1 rings (SSSR count). The highest BCUT2D eigenvalue weighted by Crippen LogP contribution is 2.29. The molecule has 3 unspecified atom stereocenters. The Bertz CT molecular complexity index is 285. The van der Waals surface area contributed by atoms with E-state index in [2.05, 4.69) is 27.7 Å². The minimum absolute atomic E-state index is 0.00444. The second-order valence-electron chi connectivity index (χ2n) is 6.52. The first-order valence-electron chi connectivity index (χ1n) is 6.78. The van der Waals surface area contributed by atoms with Gasteiger partial charge in [0.05, 0.1) is 18.8 Å². The first-order valence-corrected chi connectivity index (χ1v) is 6.78. The van der Waals surface area contributed by atoms with E-state index in [0.29, 0.717) is 25.4 Å². The number of hydrogen-bond acceptors (Lipinski definition) is 3. The van der Waals surface area contributed by atoms with E-state index in [-0.39, 0.29) is 30.1 Å². The fraction of sp³-hybridized carbons (Fsp3) is 0.929. The molecular weight excluding hydrogens is 230 g/mol. The number of ether oxygens (including phenoxy) is 1. The number of carbonyl (C=O) groups is 1. The van der Waals surface area contributed by atoms with Gasteiger partial charge in [-0.25, -0.2) is 0 Å². The van der Waals surface area contributed by atoms with Crippen LogP contribution >= 0.6 is 0 Å². The zero-order chi connectivity index (χ0) is 13.9. The largest absolute Gasteiger partial charge is 0.394 e. The van der Waals surface area contributed by atoms with Gasteiger partial charge in [0.1, 0.15) is 0 Å². The van der Waals surface area contributed by atoms with Crippen molar-refractivity contribution in [1.29, 1.82) is 0 Å². The maximum atomic E-state index is 12.3. The van der Waals surface area contributed by atoms with Crippen LogP contribution in [0.4, 0.5) is 0 Å². The van der Waals surface area contributed by atoms with Crippen LogP contribution < -0.4 is 0 Å². The number of morpholine rings is 1. The van der Waals surface area contributed by atoms with Crippen molar-refractivity contribution in [2.75, 3.05) is 19.7 Å². The molecule has 1 heterocycles. The molecule has 18 heavy (non-hydrogen) atoms. The Morgan fingerprint density at radius 1 is 1.44 bits per heavy atom. The number of nitrogens with zero attached hydrogens (tertiary/aromatic N) is 1. The Hall–Kier alpha value is -0.610. The van der Waals surface area contributed by atoms with Crippen LogP contribution in [0.5, 0.6) is 0 Å². The molecule has 1 aliphatic heterocycles. The first-order chi connectivity index (χ1) is 8.24. The minimum atomic E-state index is -0.234. The lowest BCUT2D eigenvalue weighted by Gasteiger charge is -2.37. The highest BCUT2D eigenvalue weighted by Gasteiger charge is 2.30. The van der Waals surface area contributed by atoms with Gasteiger partial charge in [0, 0.05) is 19.5 Å². The topological polar surface area (TPSA) is 49.8 Å². The summed E-state index contributed by atoms with van der Waals surface area (Å²) >= 11 is 0. The molecule has 4 heteroatoms. The van der Waals surface area contributed by atoms with Gasteiger partial charge < -0.3 is 14.7 Å². The Morgan fingerprint density at radius 2 is 2.06 bits per heavy atom. The summed E-state index contributed by atoms with van der Waals surface area (Å²) in [6.07, 6.45) is 0.335. The summed E-state index contributed by atoms with van der Waals surface area (Å²) in [6.45, 7) is 11.6. The lowest BCUT2D eigenvalue weighted by Crippen LogP contribution is -2.50. The summed E-state index contributed by atoms with van der Waals surface area (Å²) in [6, 6.07) is 0. The summed E-state index contributed by atoms with van der Waals surface area (Å²) in [5.41, 5.74) is 0.143. The van der Waals surface area contributed by atoms with Crippen molar-refractivity contribution in [3.63, 3.8) is 0 Å². The van der Waals surface area contributed by atoms with Crippen molar-refractivity contribution in [3.8, 4) is 0 Å². The number of amides is 1. The maximum Gasteiger partial charge on any atom is 0.223 e. The third-order valence-corrected chi connectivity index (χ3v) is 3.84. The van der Waals surface area contributed by atoms with Crippen LogP contribution in [-0.2, 0) is 9.53 Å². The maximum absolute atomic E-state index is 12.3. The average Bonchev–Trinajstić information content (AvgIpc) is 2.26. The summed E-state index contributed by atoms with van der Waals surface area (Å²) in [7, 11) is 0. The molecule has 1 N–H and O–H groups in total. The standard InChI is InChI=1S/C14H27NO3/c1-10(14(3,4)5)6-13(17)15-7-11(2)18-12(8-15)9-16/h10-12,16H,6-9H2,1-5H3. The molecule has 106 valence electrons. The fourth-order valence-electron chi connectivity index (χ4n) is 2.05. The van der Waals surface area contributed by atoms with Gasteiger partial charge in [0.25, 0.3) is 0 Å². The van der Waals surface area contributed by atoms with Gasteiger partial charge in [0.15, 0.2) is 0 Å². The molecule has 0 aromatic rings. The lowest BCUT2D eigenvalue weighted by atomic mass is 9.80. The highest BCUT2D eigenvalue weighted by atomic mass is 16.5. The van der Waals surface area contributed by atoms with Crippen molar-refractivity contribution in [3.05, 3.63) is 0 Å². The first kappa shape index (κ1) is 15.4. The van der Waals surface area contributed by atoms with E-state index >= 15 is 0 Å². The van der Waals surface area contributed by atoms with Crippen molar-refractivity contribution < 1.29 is 14.6 Å². The average molecular weight is 257 g/mol. The van der Waals surface area contributed by atoms with Gasteiger partial charge >= 0.3 is 0 Å². The molecule has 0 bridgehead atoms. The Balaban J connectivity index is 2.56. The third kappa shape index (κ3) is 4.25. The van der Waals surface area contributed by atoms with Crippen molar-refractivity contribution in [2.24, 2.45) is 11.3 Å². The Labute approximate surface area is 110 Å². The van der Waals surface area contributed by atoms with Gasteiger partial charge in [-0.15, -0.1) is 0 Å². The Kier molecular flexibility index (Phi) is 5.17. The molecule has 0 aromatic heterocycles. The van der Waals surface area contributed by atoms with Crippen molar-refractivity contribution in [2.45, 2.75) is 53.2 Å². The Morgan fingerprint density at radius 3 is 2.56 bits per heavy atom. The number of aliphatic hydroxyl groups excluding tert-OH is 1. The van der Waals surface area contributed by atoms with E-state index < -0.39 is 0 Å². The van der Waals surface area contributed by atoms with Gasteiger partial charge in [-0.05, 0) is 18.3 Å². The smallest absolute Gasteiger partial charge is 0.223 e. The molecule has 1 aliphatic rings. The normalized spacial score (nSPS) is 27.1. The second kappa shape index (κ2) is 6.02. The van der Waals surface area contributed by atoms with Crippen LogP contribution in [0.25, 0.3) is 0 Å². The fourth-order valence-corrected chi connectivity index (χ4v) is 2.05. The van der Waals surface area contributed by atoms with Gasteiger partial charge in [-0.1, -0.05) is 27.7 Å². The van der Waals surface area contributed by atoms with Crippen LogP contribution in [0, 0.1) is 11.3 Å². The SMILES string of the molecule is CC1CN(C(=O)CC(C)C(C)(C)C)CC(CO)O1. The van der Waals surface area contributed by atoms with E-state index in [9.17, 15) is 4.79 Å². The highest BCUT2D eigenvalue weighted by molar-refractivity contribution is 5.76. The van der Waals surface area contributed by atoms with Gasteiger partial charge in [-0.3, -0.25) is 4.79 Å². The van der Waals surface area contributed by atoms with Gasteiger partial charge in [-0.2, -0.15) is 0 Å². The van der Waals surface area contributed by atoms with Crippen LogP contribution in [0.15, 0.2) is 0 Å².